The Morgan fingerprint density at radius 3 is 2.85 bits per heavy atom. The van der Waals surface area contributed by atoms with Crippen LogP contribution in [0, 0.1) is 17.0 Å². The highest BCUT2D eigenvalue weighted by Gasteiger charge is 2.11. The SMILES string of the molecule is Cc1cnccc1CNCc1ccc(Br)c([N+](=O)[O-])c1. The van der Waals surface area contributed by atoms with Gasteiger partial charge in [-0.1, -0.05) is 6.07 Å². The van der Waals surface area contributed by atoms with Crippen LogP contribution in [0.5, 0.6) is 0 Å². The number of rotatable bonds is 5. The van der Waals surface area contributed by atoms with Crippen LogP contribution in [0.3, 0.4) is 0 Å². The molecule has 1 heterocycles. The molecular formula is C14H14BrN3O2. The van der Waals surface area contributed by atoms with E-state index in [0.717, 1.165) is 11.1 Å². The first-order valence-electron chi connectivity index (χ1n) is 6.11. The highest BCUT2D eigenvalue weighted by atomic mass is 79.9. The third-order valence-corrected chi connectivity index (χ3v) is 3.66. The highest BCUT2D eigenvalue weighted by Crippen LogP contribution is 2.25. The summed E-state index contributed by atoms with van der Waals surface area (Å²) in [6.07, 6.45) is 3.58. The van der Waals surface area contributed by atoms with Gasteiger partial charge in [0.2, 0.25) is 0 Å². The van der Waals surface area contributed by atoms with E-state index < -0.39 is 0 Å². The van der Waals surface area contributed by atoms with Crippen molar-refractivity contribution in [1.29, 1.82) is 0 Å². The van der Waals surface area contributed by atoms with Crippen molar-refractivity contribution in [2.75, 3.05) is 0 Å². The molecule has 0 fully saturated rings. The molecule has 6 heteroatoms. The van der Waals surface area contributed by atoms with Crippen LogP contribution in [0.25, 0.3) is 0 Å². The maximum absolute atomic E-state index is 10.9. The van der Waals surface area contributed by atoms with E-state index >= 15 is 0 Å². The lowest BCUT2D eigenvalue weighted by Crippen LogP contribution is -2.13. The number of halogens is 1. The van der Waals surface area contributed by atoms with Crippen molar-refractivity contribution in [3.8, 4) is 0 Å². The van der Waals surface area contributed by atoms with Crippen LogP contribution in [-0.2, 0) is 13.1 Å². The van der Waals surface area contributed by atoms with E-state index in [9.17, 15) is 10.1 Å². The van der Waals surface area contributed by atoms with Gasteiger partial charge in [-0.2, -0.15) is 0 Å². The number of nitrogens with zero attached hydrogens (tertiary/aromatic N) is 2. The minimum absolute atomic E-state index is 0.0874. The van der Waals surface area contributed by atoms with Crippen molar-refractivity contribution < 1.29 is 4.92 Å². The van der Waals surface area contributed by atoms with Crippen molar-refractivity contribution in [3.63, 3.8) is 0 Å². The summed E-state index contributed by atoms with van der Waals surface area (Å²) in [5.41, 5.74) is 3.27. The standard InChI is InChI=1S/C14H14BrN3O2/c1-10-7-16-5-4-12(10)9-17-8-11-2-3-13(15)14(6-11)18(19)20/h2-7,17H,8-9H2,1H3. The van der Waals surface area contributed by atoms with Gasteiger partial charge in [0.25, 0.3) is 5.69 Å². The van der Waals surface area contributed by atoms with E-state index in [2.05, 4.69) is 26.2 Å². The average molecular weight is 336 g/mol. The van der Waals surface area contributed by atoms with E-state index in [-0.39, 0.29) is 10.6 Å². The van der Waals surface area contributed by atoms with Crippen LogP contribution in [0.15, 0.2) is 41.1 Å². The van der Waals surface area contributed by atoms with E-state index in [4.69, 9.17) is 0 Å². The number of benzene rings is 1. The van der Waals surface area contributed by atoms with E-state index in [1.165, 1.54) is 5.56 Å². The molecule has 0 amide bonds. The predicted octanol–water partition coefficient (Wildman–Crippen LogP) is 3.35. The molecule has 0 aliphatic rings. The number of pyridine rings is 1. The number of nitro groups is 1. The second kappa shape index (κ2) is 6.58. The van der Waals surface area contributed by atoms with Crippen molar-refractivity contribution in [2.45, 2.75) is 20.0 Å². The Hall–Kier alpha value is -1.79. The fraction of sp³-hybridized carbons (Fsp3) is 0.214. The van der Waals surface area contributed by atoms with Gasteiger partial charge in [-0.05, 0) is 51.7 Å². The Morgan fingerprint density at radius 1 is 1.35 bits per heavy atom. The van der Waals surface area contributed by atoms with E-state index in [1.807, 2.05) is 25.3 Å². The molecule has 0 saturated carbocycles. The third kappa shape index (κ3) is 3.61. The van der Waals surface area contributed by atoms with Crippen LogP contribution < -0.4 is 5.32 Å². The predicted molar refractivity (Wildman–Crippen MR) is 80.3 cm³/mol. The number of aryl methyl sites for hydroxylation is 1. The van der Waals surface area contributed by atoms with Gasteiger partial charge >= 0.3 is 0 Å². The first-order valence-corrected chi connectivity index (χ1v) is 6.90. The molecule has 0 radical (unpaired) electrons. The maximum Gasteiger partial charge on any atom is 0.283 e. The Balaban J connectivity index is 2.00. The summed E-state index contributed by atoms with van der Waals surface area (Å²) in [5.74, 6) is 0. The zero-order valence-corrected chi connectivity index (χ0v) is 12.6. The van der Waals surface area contributed by atoms with Crippen LogP contribution >= 0.6 is 15.9 Å². The molecule has 0 aliphatic heterocycles. The molecule has 20 heavy (non-hydrogen) atoms. The summed E-state index contributed by atoms with van der Waals surface area (Å²) < 4.78 is 0.497. The lowest BCUT2D eigenvalue weighted by atomic mass is 10.1. The summed E-state index contributed by atoms with van der Waals surface area (Å²) in [6.45, 7) is 3.29. The minimum Gasteiger partial charge on any atom is -0.309 e. The molecule has 1 N–H and O–H groups in total. The van der Waals surface area contributed by atoms with E-state index in [0.29, 0.717) is 17.6 Å². The maximum atomic E-state index is 10.9. The smallest absolute Gasteiger partial charge is 0.283 e. The van der Waals surface area contributed by atoms with Crippen LogP contribution in [0.4, 0.5) is 5.69 Å². The zero-order valence-electron chi connectivity index (χ0n) is 11.0. The first kappa shape index (κ1) is 14.6. The van der Waals surface area contributed by atoms with Crippen LogP contribution in [-0.4, -0.2) is 9.91 Å². The van der Waals surface area contributed by atoms with E-state index in [1.54, 1.807) is 18.3 Å². The van der Waals surface area contributed by atoms with Crippen molar-refractivity contribution in [1.82, 2.24) is 10.3 Å². The number of aromatic nitrogens is 1. The molecule has 0 aliphatic carbocycles. The normalized spacial score (nSPS) is 10.5. The van der Waals surface area contributed by atoms with Crippen molar-refractivity contribution in [2.24, 2.45) is 0 Å². The van der Waals surface area contributed by atoms with Gasteiger partial charge < -0.3 is 5.32 Å². The monoisotopic (exact) mass is 335 g/mol. The second-order valence-electron chi connectivity index (χ2n) is 4.45. The molecule has 0 atom stereocenters. The molecule has 0 bridgehead atoms. The fourth-order valence-electron chi connectivity index (χ4n) is 1.85. The molecule has 104 valence electrons. The summed E-state index contributed by atoms with van der Waals surface area (Å²) in [7, 11) is 0. The molecule has 2 aromatic rings. The molecule has 2 rings (SSSR count). The number of nitrogens with one attached hydrogen (secondary N) is 1. The fourth-order valence-corrected chi connectivity index (χ4v) is 2.24. The molecule has 1 aromatic carbocycles. The highest BCUT2D eigenvalue weighted by molar-refractivity contribution is 9.10. The van der Waals surface area contributed by atoms with Gasteiger partial charge in [0.1, 0.15) is 0 Å². The van der Waals surface area contributed by atoms with Crippen LogP contribution in [0.1, 0.15) is 16.7 Å². The topological polar surface area (TPSA) is 68.1 Å². The van der Waals surface area contributed by atoms with Gasteiger partial charge in [0.05, 0.1) is 9.40 Å². The molecule has 1 aromatic heterocycles. The molecule has 0 unspecified atom stereocenters. The van der Waals surface area contributed by atoms with Gasteiger partial charge in [-0.3, -0.25) is 15.1 Å². The van der Waals surface area contributed by atoms with Crippen molar-refractivity contribution in [3.05, 3.63) is 67.9 Å². The molecule has 0 saturated heterocycles. The Bertz CT molecular complexity index is 632. The van der Waals surface area contributed by atoms with Gasteiger partial charge in [-0.15, -0.1) is 0 Å². The van der Waals surface area contributed by atoms with Gasteiger partial charge in [0, 0.05) is 31.5 Å². The first-order chi connectivity index (χ1) is 9.58. The lowest BCUT2D eigenvalue weighted by molar-refractivity contribution is -0.385. The minimum atomic E-state index is -0.388. The number of hydrogen-bond acceptors (Lipinski definition) is 4. The van der Waals surface area contributed by atoms with Crippen molar-refractivity contribution >= 4 is 21.6 Å². The summed E-state index contributed by atoms with van der Waals surface area (Å²) in [5, 5.41) is 14.1. The summed E-state index contributed by atoms with van der Waals surface area (Å²) in [4.78, 5) is 14.5. The third-order valence-electron chi connectivity index (χ3n) is 2.99. The van der Waals surface area contributed by atoms with Crippen LogP contribution in [0.2, 0.25) is 0 Å². The molecular weight excluding hydrogens is 322 g/mol. The molecule has 0 spiro atoms. The largest absolute Gasteiger partial charge is 0.309 e. The van der Waals surface area contributed by atoms with Gasteiger partial charge in [-0.25, -0.2) is 0 Å². The number of hydrogen-bond donors (Lipinski definition) is 1. The lowest BCUT2D eigenvalue weighted by Gasteiger charge is -2.07. The average Bonchev–Trinajstić information content (AvgIpc) is 2.42. The Labute approximate surface area is 125 Å². The Morgan fingerprint density at radius 2 is 2.15 bits per heavy atom. The molecule has 5 nitrogen and oxygen atoms in total. The van der Waals surface area contributed by atoms with Gasteiger partial charge in [0.15, 0.2) is 0 Å². The second-order valence-corrected chi connectivity index (χ2v) is 5.30. The zero-order chi connectivity index (χ0) is 14.5. The number of nitro benzene ring substituents is 1. The quantitative estimate of drug-likeness (QED) is 0.672. The summed E-state index contributed by atoms with van der Waals surface area (Å²) in [6, 6.07) is 7.11. The summed E-state index contributed by atoms with van der Waals surface area (Å²) >= 11 is 3.18. The Kier molecular flexibility index (Phi) is 4.81.